The zero-order valence-electron chi connectivity index (χ0n) is 21.5. The number of aryl methyl sites for hydroxylation is 1. The number of rotatable bonds is 5. The van der Waals surface area contributed by atoms with Crippen molar-refractivity contribution in [1.29, 1.82) is 0 Å². The SMILES string of the molecule is Cc1ccc2c(c1)c(-n1cccc1)c1n2CC(C)(C(=O)NC2CCCCC2)N(Cc2ccccn2)C1=O. The fourth-order valence-electron chi connectivity index (χ4n) is 6.00. The molecule has 0 saturated heterocycles. The normalized spacial score (nSPS) is 20.3. The Labute approximate surface area is 217 Å². The Morgan fingerprint density at radius 3 is 2.59 bits per heavy atom. The highest BCUT2D eigenvalue weighted by atomic mass is 16.2. The number of hydrogen-bond donors (Lipinski definition) is 1. The Bertz CT molecular complexity index is 1450. The van der Waals surface area contributed by atoms with E-state index in [1.165, 1.54) is 6.42 Å². The molecule has 4 heterocycles. The van der Waals surface area contributed by atoms with Crippen LogP contribution in [-0.2, 0) is 17.9 Å². The van der Waals surface area contributed by atoms with Crippen LogP contribution in [-0.4, -0.2) is 42.4 Å². The maximum Gasteiger partial charge on any atom is 0.274 e. The van der Waals surface area contributed by atoms with Crippen molar-refractivity contribution in [2.75, 3.05) is 0 Å². The molecule has 0 radical (unpaired) electrons. The van der Waals surface area contributed by atoms with Crippen molar-refractivity contribution in [3.8, 4) is 5.69 Å². The first-order valence-electron chi connectivity index (χ1n) is 13.2. The van der Waals surface area contributed by atoms with Gasteiger partial charge in [-0.1, -0.05) is 37.0 Å². The number of carbonyl (C=O) groups is 2. The molecule has 1 atom stereocenters. The molecule has 7 heteroatoms. The van der Waals surface area contributed by atoms with Crippen LogP contribution < -0.4 is 5.32 Å². The molecule has 1 saturated carbocycles. The zero-order chi connectivity index (χ0) is 25.6. The van der Waals surface area contributed by atoms with Crippen LogP contribution in [0.15, 0.2) is 67.1 Å². The number of benzene rings is 1. The Morgan fingerprint density at radius 2 is 1.86 bits per heavy atom. The van der Waals surface area contributed by atoms with Crippen LogP contribution in [0.25, 0.3) is 16.6 Å². The molecule has 190 valence electrons. The quantitative estimate of drug-likeness (QED) is 0.424. The second kappa shape index (κ2) is 9.21. The van der Waals surface area contributed by atoms with Crippen molar-refractivity contribution in [2.24, 2.45) is 0 Å². The lowest BCUT2D eigenvalue weighted by Gasteiger charge is -2.45. The van der Waals surface area contributed by atoms with E-state index in [0.29, 0.717) is 12.2 Å². The van der Waals surface area contributed by atoms with Gasteiger partial charge >= 0.3 is 0 Å². The minimum atomic E-state index is -1.07. The topological polar surface area (TPSA) is 72.2 Å². The molecule has 1 N–H and O–H groups in total. The number of hydrogen-bond acceptors (Lipinski definition) is 3. The van der Waals surface area contributed by atoms with Gasteiger partial charge in [-0.15, -0.1) is 0 Å². The van der Waals surface area contributed by atoms with E-state index in [0.717, 1.165) is 53.5 Å². The summed E-state index contributed by atoms with van der Waals surface area (Å²) < 4.78 is 4.07. The number of pyridine rings is 1. The molecule has 0 bridgehead atoms. The standard InChI is InChI=1S/C30H33N5O2/c1-21-13-14-25-24(18-21)26(33-16-8-9-17-33)27-28(36)35(19-23-12-6-7-15-31-23)30(2,20-34(25)27)29(37)32-22-10-4-3-5-11-22/h6-9,12-18,22H,3-5,10-11,19-20H2,1-2H3,(H,32,37). The lowest BCUT2D eigenvalue weighted by atomic mass is 9.91. The molecule has 2 amide bonds. The third-order valence-electron chi connectivity index (χ3n) is 8.04. The molecule has 1 aliphatic heterocycles. The molecule has 4 aromatic rings. The monoisotopic (exact) mass is 495 g/mol. The molecule has 6 rings (SSSR count). The van der Waals surface area contributed by atoms with E-state index in [9.17, 15) is 9.59 Å². The lowest BCUT2D eigenvalue weighted by Crippen LogP contribution is -2.64. The minimum absolute atomic E-state index is 0.0918. The summed E-state index contributed by atoms with van der Waals surface area (Å²) in [5.41, 5.74) is 3.25. The molecule has 1 aromatic carbocycles. The van der Waals surface area contributed by atoms with Gasteiger partial charge in [0.1, 0.15) is 11.2 Å². The van der Waals surface area contributed by atoms with Crippen LogP contribution in [0.5, 0.6) is 0 Å². The van der Waals surface area contributed by atoms with E-state index in [1.807, 2.05) is 54.2 Å². The smallest absolute Gasteiger partial charge is 0.274 e. The van der Waals surface area contributed by atoms with Gasteiger partial charge in [0.05, 0.1) is 30.0 Å². The van der Waals surface area contributed by atoms with Crippen molar-refractivity contribution < 1.29 is 9.59 Å². The lowest BCUT2D eigenvalue weighted by molar-refractivity contribution is -0.134. The number of aromatic nitrogens is 3. The fraction of sp³-hybridized carbons (Fsp3) is 0.367. The van der Waals surface area contributed by atoms with E-state index in [4.69, 9.17) is 0 Å². The van der Waals surface area contributed by atoms with Crippen LogP contribution in [0.1, 0.15) is 60.8 Å². The summed E-state index contributed by atoms with van der Waals surface area (Å²) in [5.74, 6) is -0.249. The number of fused-ring (bicyclic) bond motifs is 3. The Hall–Kier alpha value is -3.87. The summed E-state index contributed by atoms with van der Waals surface area (Å²) in [6.45, 7) is 4.61. The highest BCUT2D eigenvalue weighted by Crippen LogP contribution is 2.39. The first-order valence-corrected chi connectivity index (χ1v) is 13.2. The summed E-state index contributed by atoms with van der Waals surface area (Å²) in [7, 11) is 0. The summed E-state index contributed by atoms with van der Waals surface area (Å²) in [6.07, 6.45) is 11.1. The average Bonchev–Trinajstić information content (AvgIpc) is 3.54. The van der Waals surface area contributed by atoms with Gasteiger partial charge in [-0.05, 0) is 63.1 Å². The van der Waals surface area contributed by atoms with E-state index in [2.05, 4.69) is 40.0 Å². The molecule has 7 nitrogen and oxygen atoms in total. The Morgan fingerprint density at radius 1 is 1.08 bits per heavy atom. The predicted octanol–water partition coefficient (Wildman–Crippen LogP) is 5.00. The number of nitrogens with one attached hydrogen (secondary N) is 1. The summed E-state index contributed by atoms with van der Waals surface area (Å²) in [5, 5.41) is 4.32. The molecule has 0 spiro atoms. The Balaban J connectivity index is 1.51. The second-order valence-corrected chi connectivity index (χ2v) is 10.7. The van der Waals surface area contributed by atoms with Gasteiger partial charge in [-0.2, -0.15) is 0 Å². The van der Waals surface area contributed by atoms with Crippen LogP contribution in [0.3, 0.4) is 0 Å². The van der Waals surface area contributed by atoms with Crippen LogP contribution >= 0.6 is 0 Å². The number of amides is 2. The maximum atomic E-state index is 14.5. The van der Waals surface area contributed by atoms with Gasteiger partial charge < -0.3 is 19.4 Å². The van der Waals surface area contributed by atoms with Gasteiger partial charge in [-0.3, -0.25) is 14.6 Å². The highest BCUT2D eigenvalue weighted by molar-refractivity contribution is 6.09. The summed E-state index contributed by atoms with van der Waals surface area (Å²) in [4.78, 5) is 34.7. The van der Waals surface area contributed by atoms with Crippen LogP contribution in [0.4, 0.5) is 0 Å². The molecule has 3 aromatic heterocycles. The molecule has 2 aliphatic rings. The highest BCUT2D eigenvalue weighted by Gasteiger charge is 2.49. The van der Waals surface area contributed by atoms with Crippen molar-refractivity contribution >= 4 is 22.7 Å². The molecule has 1 aliphatic carbocycles. The maximum absolute atomic E-state index is 14.5. The van der Waals surface area contributed by atoms with Gasteiger partial charge in [0.25, 0.3) is 5.91 Å². The van der Waals surface area contributed by atoms with Crippen molar-refractivity contribution in [2.45, 2.75) is 70.6 Å². The van der Waals surface area contributed by atoms with Crippen molar-refractivity contribution in [3.63, 3.8) is 0 Å². The van der Waals surface area contributed by atoms with E-state index in [-0.39, 0.29) is 24.4 Å². The minimum Gasteiger partial charge on any atom is -0.351 e. The molecule has 1 fully saturated rings. The predicted molar refractivity (Wildman–Crippen MR) is 144 cm³/mol. The zero-order valence-corrected chi connectivity index (χ0v) is 21.5. The van der Waals surface area contributed by atoms with Crippen molar-refractivity contribution in [1.82, 2.24) is 24.3 Å². The second-order valence-electron chi connectivity index (χ2n) is 10.7. The van der Waals surface area contributed by atoms with E-state index >= 15 is 0 Å². The van der Waals surface area contributed by atoms with Gasteiger partial charge in [-0.25, -0.2) is 0 Å². The number of nitrogens with zero attached hydrogens (tertiary/aromatic N) is 4. The average molecular weight is 496 g/mol. The summed E-state index contributed by atoms with van der Waals surface area (Å²) >= 11 is 0. The van der Waals surface area contributed by atoms with Crippen LogP contribution in [0, 0.1) is 6.92 Å². The summed E-state index contributed by atoms with van der Waals surface area (Å²) in [6, 6.07) is 16.0. The van der Waals surface area contributed by atoms with E-state index < -0.39 is 5.54 Å². The molecular weight excluding hydrogens is 462 g/mol. The van der Waals surface area contributed by atoms with Gasteiger partial charge in [0, 0.05) is 30.0 Å². The van der Waals surface area contributed by atoms with Gasteiger partial charge in [0.15, 0.2) is 0 Å². The van der Waals surface area contributed by atoms with Crippen LogP contribution in [0.2, 0.25) is 0 Å². The first-order chi connectivity index (χ1) is 18.0. The third kappa shape index (κ3) is 4.02. The Kier molecular flexibility index (Phi) is 5.86. The first kappa shape index (κ1) is 23.5. The molecular formula is C30H33N5O2. The van der Waals surface area contributed by atoms with E-state index in [1.54, 1.807) is 11.1 Å². The van der Waals surface area contributed by atoms with Gasteiger partial charge in [0.2, 0.25) is 5.91 Å². The number of carbonyl (C=O) groups excluding carboxylic acids is 2. The van der Waals surface area contributed by atoms with Crippen molar-refractivity contribution in [3.05, 3.63) is 84.1 Å². The molecule has 37 heavy (non-hydrogen) atoms. The fourth-order valence-corrected chi connectivity index (χ4v) is 6.00. The third-order valence-corrected chi connectivity index (χ3v) is 8.04. The molecule has 1 unspecified atom stereocenters. The largest absolute Gasteiger partial charge is 0.351 e.